The van der Waals surface area contributed by atoms with Crippen LogP contribution in [0.1, 0.15) is 30.3 Å². The van der Waals surface area contributed by atoms with Crippen LogP contribution in [0.15, 0.2) is 42.6 Å². The largest absolute Gasteiger partial charge is 0.337 e. The predicted molar refractivity (Wildman–Crippen MR) is 85.8 cm³/mol. The number of amides is 1. The summed E-state index contributed by atoms with van der Waals surface area (Å²) in [4.78, 5) is 14.5. The minimum atomic E-state index is 0.0000288. The molecular weight excluding hydrogens is 276 g/mol. The van der Waals surface area contributed by atoms with Gasteiger partial charge < -0.3 is 10.6 Å². The molecule has 3 rings (SSSR count). The summed E-state index contributed by atoms with van der Waals surface area (Å²) in [7, 11) is 0. The Labute approximate surface area is 130 Å². The average Bonchev–Trinajstić information content (AvgIpc) is 3.05. The Morgan fingerprint density at radius 2 is 2.09 bits per heavy atom. The van der Waals surface area contributed by atoms with Crippen molar-refractivity contribution < 1.29 is 4.79 Å². The summed E-state index contributed by atoms with van der Waals surface area (Å²) in [5, 5.41) is 4.42. The highest BCUT2D eigenvalue weighted by atomic mass is 16.2. The molecule has 5 heteroatoms. The molecule has 1 aromatic carbocycles. The first-order chi connectivity index (χ1) is 10.6. The Morgan fingerprint density at radius 3 is 2.82 bits per heavy atom. The first kappa shape index (κ1) is 14.8. The van der Waals surface area contributed by atoms with Gasteiger partial charge in [-0.15, -0.1) is 0 Å². The minimum absolute atomic E-state index is 0.0000288. The second-order valence-corrected chi connectivity index (χ2v) is 5.99. The van der Waals surface area contributed by atoms with Crippen molar-refractivity contribution in [3.63, 3.8) is 0 Å². The van der Waals surface area contributed by atoms with Crippen LogP contribution in [0.5, 0.6) is 0 Å². The van der Waals surface area contributed by atoms with Crippen LogP contribution in [0.3, 0.4) is 0 Å². The first-order valence-electron chi connectivity index (χ1n) is 7.81. The summed E-state index contributed by atoms with van der Waals surface area (Å²) in [6.45, 7) is 3.54. The molecule has 2 aromatic rings. The molecule has 116 valence electrons. The lowest BCUT2D eigenvalue weighted by molar-refractivity contribution is 0.0654. The molecule has 1 aliphatic rings. The Morgan fingerprint density at radius 1 is 1.32 bits per heavy atom. The van der Waals surface area contributed by atoms with Crippen molar-refractivity contribution in [1.82, 2.24) is 14.7 Å². The standard InChI is InChI=1S/C17H22N4O/c1-13(18)14-6-5-10-20(12-14)17(22)16-9-11-21(19-16)15-7-3-2-4-8-15/h2-4,7-9,11,13-14H,5-6,10,12,18H2,1H3. The van der Waals surface area contributed by atoms with Crippen molar-refractivity contribution in [2.75, 3.05) is 13.1 Å². The van der Waals surface area contributed by atoms with E-state index in [1.54, 1.807) is 10.7 Å². The zero-order valence-electron chi connectivity index (χ0n) is 12.9. The number of piperidine rings is 1. The number of nitrogens with zero attached hydrogens (tertiary/aromatic N) is 3. The van der Waals surface area contributed by atoms with Gasteiger partial charge in [0.1, 0.15) is 0 Å². The molecule has 0 bridgehead atoms. The fraction of sp³-hybridized carbons (Fsp3) is 0.412. The molecule has 2 heterocycles. The van der Waals surface area contributed by atoms with Gasteiger partial charge in [-0.3, -0.25) is 4.79 Å². The monoisotopic (exact) mass is 298 g/mol. The van der Waals surface area contributed by atoms with E-state index < -0.39 is 0 Å². The van der Waals surface area contributed by atoms with E-state index in [2.05, 4.69) is 5.10 Å². The smallest absolute Gasteiger partial charge is 0.274 e. The van der Waals surface area contributed by atoms with Crippen LogP contribution >= 0.6 is 0 Å². The molecule has 0 spiro atoms. The van der Waals surface area contributed by atoms with E-state index in [0.29, 0.717) is 11.6 Å². The summed E-state index contributed by atoms with van der Waals surface area (Å²) in [6.07, 6.45) is 3.94. The highest BCUT2D eigenvalue weighted by Gasteiger charge is 2.27. The van der Waals surface area contributed by atoms with Crippen LogP contribution in [0, 0.1) is 5.92 Å². The van der Waals surface area contributed by atoms with Gasteiger partial charge in [0.2, 0.25) is 0 Å². The number of likely N-dealkylation sites (tertiary alicyclic amines) is 1. The second-order valence-electron chi connectivity index (χ2n) is 5.99. The molecule has 2 unspecified atom stereocenters. The highest BCUT2D eigenvalue weighted by molar-refractivity contribution is 5.92. The molecule has 0 aliphatic carbocycles. The number of para-hydroxylation sites is 1. The zero-order chi connectivity index (χ0) is 15.5. The summed E-state index contributed by atoms with van der Waals surface area (Å²) in [5.74, 6) is 0.383. The van der Waals surface area contributed by atoms with Gasteiger partial charge in [-0.05, 0) is 43.9 Å². The molecule has 1 amide bonds. The number of nitrogens with two attached hydrogens (primary N) is 1. The topological polar surface area (TPSA) is 64.2 Å². The van der Waals surface area contributed by atoms with E-state index in [1.807, 2.05) is 48.4 Å². The summed E-state index contributed by atoms with van der Waals surface area (Å²) in [5.41, 5.74) is 7.44. The molecule has 1 saturated heterocycles. The van der Waals surface area contributed by atoms with Crippen molar-refractivity contribution >= 4 is 5.91 Å². The van der Waals surface area contributed by atoms with Crippen molar-refractivity contribution in [3.8, 4) is 5.69 Å². The Bertz CT molecular complexity index is 635. The van der Waals surface area contributed by atoms with E-state index in [4.69, 9.17) is 5.73 Å². The van der Waals surface area contributed by atoms with Gasteiger partial charge in [0.15, 0.2) is 5.69 Å². The fourth-order valence-corrected chi connectivity index (χ4v) is 2.95. The summed E-state index contributed by atoms with van der Waals surface area (Å²) >= 11 is 0. The number of carbonyl (C=O) groups is 1. The van der Waals surface area contributed by atoms with Crippen molar-refractivity contribution in [1.29, 1.82) is 0 Å². The third kappa shape index (κ3) is 3.04. The van der Waals surface area contributed by atoms with Gasteiger partial charge in [0.05, 0.1) is 5.69 Å². The molecular formula is C17H22N4O. The molecule has 5 nitrogen and oxygen atoms in total. The van der Waals surface area contributed by atoms with E-state index in [0.717, 1.165) is 31.6 Å². The van der Waals surface area contributed by atoms with Gasteiger partial charge in [0, 0.05) is 25.3 Å². The van der Waals surface area contributed by atoms with Crippen LogP contribution in [-0.2, 0) is 0 Å². The van der Waals surface area contributed by atoms with Crippen LogP contribution in [-0.4, -0.2) is 39.7 Å². The van der Waals surface area contributed by atoms with Crippen LogP contribution in [0.4, 0.5) is 0 Å². The number of carbonyl (C=O) groups excluding carboxylic acids is 1. The van der Waals surface area contributed by atoms with Crippen molar-refractivity contribution in [2.45, 2.75) is 25.8 Å². The van der Waals surface area contributed by atoms with Gasteiger partial charge in [-0.2, -0.15) is 5.10 Å². The van der Waals surface area contributed by atoms with E-state index >= 15 is 0 Å². The number of rotatable bonds is 3. The van der Waals surface area contributed by atoms with Gasteiger partial charge >= 0.3 is 0 Å². The fourth-order valence-electron chi connectivity index (χ4n) is 2.95. The van der Waals surface area contributed by atoms with E-state index in [-0.39, 0.29) is 11.9 Å². The minimum Gasteiger partial charge on any atom is -0.337 e. The molecule has 2 atom stereocenters. The molecule has 2 N–H and O–H groups in total. The van der Waals surface area contributed by atoms with Gasteiger partial charge in [-0.1, -0.05) is 18.2 Å². The average molecular weight is 298 g/mol. The maximum Gasteiger partial charge on any atom is 0.274 e. The lowest BCUT2D eigenvalue weighted by Gasteiger charge is -2.34. The van der Waals surface area contributed by atoms with Crippen molar-refractivity contribution in [2.24, 2.45) is 11.7 Å². The molecule has 1 fully saturated rings. The Hall–Kier alpha value is -2.14. The normalized spacial score (nSPS) is 19.9. The molecule has 0 saturated carbocycles. The molecule has 1 aliphatic heterocycles. The molecule has 0 radical (unpaired) electrons. The maximum absolute atomic E-state index is 12.6. The van der Waals surface area contributed by atoms with E-state index in [9.17, 15) is 4.79 Å². The summed E-state index contributed by atoms with van der Waals surface area (Å²) in [6, 6.07) is 11.7. The predicted octanol–water partition coefficient (Wildman–Crippen LogP) is 2.07. The third-order valence-corrected chi connectivity index (χ3v) is 4.32. The maximum atomic E-state index is 12.6. The molecule has 1 aromatic heterocycles. The van der Waals surface area contributed by atoms with Crippen LogP contribution < -0.4 is 5.73 Å². The third-order valence-electron chi connectivity index (χ3n) is 4.32. The highest BCUT2D eigenvalue weighted by Crippen LogP contribution is 2.20. The molecule has 22 heavy (non-hydrogen) atoms. The second kappa shape index (κ2) is 6.32. The lowest BCUT2D eigenvalue weighted by Crippen LogP contribution is -2.45. The first-order valence-corrected chi connectivity index (χ1v) is 7.81. The summed E-state index contributed by atoms with van der Waals surface area (Å²) < 4.78 is 1.74. The zero-order valence-corrected chi connectivity index (χ0v) is 12.9. The number of benzene rings is 1. The van der Waals surface area contributed by atoms with Gasteiger partial charge in [0.25, 0.3) is 5.91 Å². The van der Waals surface area contributed by atoms with Crippen LogP contribution in [0.25, 0.3) is 5.69 Å². The number of aromatic nitrogens is 2. The van der Waals surface area contributed by atoms with E-state index in [1.165, 1.54) is 0 Å². The number of hydrogen-bond acceptors (Lipinski definition) is 3. The Kier molecular flexibility index (Phi) is 4.24. The quantitative estimate of drug-likeness (QED) is 0.943. The SMILES string of the molecule is CC(N)C1CCCN(C(=O)c2ccn(-c3ccccc3)n2)C1. The number of hydrogen-bond donors (Lipinski definition) is 1. The lowest BCUT2D eigenvalue weighted by atomic mass is 9.92. The Balaban J connectivity index is 1.74. The van der Waals surface area contributed by atoms with Crippen molar-refractivity contribution in [3.05, 3.63) is 48.3 Å². The van der Waals surface area contributed by atoms with Crippen LogP contribution in [0.2, 0.25) is 0 Å². The van der Waals surface area contributed by atoms with Gasteiger partial charge in [-0.25, -0.2) is 4.68 Å².